The van der Waals surface area contributed by atoms with Gasteiger partial charge in [0, 0.05) is 38.1 Å². The van der Waals surface area contributed by atoms with Crippen molar-refractivity contribution in [3.8, 4) is 0 Å². The van der Waals surface area contributed by atoms with E-state index in [1.54, 1.807) is 16.2 Å². The smallest absolute Gasteiger partial charge is 0.317 e. The third-order valence-electron chi connectivity index (χ3n) is 4.03. The predicted octanol–water partition coefficient (Wildman–Crippen LogP) is 1.79. The molecule has 1 aliphatic heterocycles. The second kappa shape index (κ2) is 7.89. The number of rotatable bonds is 5. The Labute approximate surface area is 136 Å². The Balaban J connectivity index is 1.79. The quantitative estimate of drug-likeness (QED) is 0.896. The summed E-state index contributed by atoms with van der Waals surface area (Å²) < 4.78 is 5.32. The largest absolute Gasteiger partial charge is 0.379 e. The fourth-order valence-corrected chi connectivity index (χ4v) is 3.58. The summed E-state index contributed by atoms with van der Waals surface area (Å²) in [5, 5.41) is 4.04. The molecule has 2 amide bonds. The summed E-state index contributed by atoms with van der Waals surface area (Å²) in [6, 6.07) is 0.000740. The van der Waals surface area contributed by atoms with Crippen LogP contribution in [-0.2, 0) is 4.74 Å². The number of nitrogens with zero attached hydrogens (tertiary/aromatic N) is 3. The molecule has 0 aliphatic carbocycles. The second-order valence-electron chi connectivity index (χ2n) is 5.66. The van der Waals surface area contributed by atoms with Gasteiger partial charge in [0.2, 0.25) is 0 Å². The lowest BCUT2D eigenvalue weighted by Gasteiger charge is -2.28. The summed E-state index contributed by atoms with van der Waals surface area (Å²) in [5.74, 6) is 0. The van der Waals surface area contributed by atoms with E-state index >= 15 is 0 Å². The highest BCUT2D eigenvalue weighted by Crippen LogP contribution is 2.28. The standard InChI is InChI=1S/C15H26N4O2S/c1-11-14(22-13(3)17-11)12(2)18(4)15(20)16-5-6-19-7-9-21-10-8-19/h12H,5-10H2,1-4H3,(H,16,20). The number of amides is 2. The lowest BCUT2D eigenvalue weighted by molar-refractivity contribution is 0.0386. The van der Waals surface area contributed by atoms with Crippen LogP contribution in [0, 0.1) is 13.8 Å². The first-order valence-electron chi connectivity index (χ1n) is 7.73. The lowest BCUT2D eigenvalue weighted by atomic mass is 10.2. The van der Waals surface area contributed by atoms with Crippen LogP contribution in [0.1, 0.15) is 28.5 Å². The van der Waals surface area contributed by atoms with Gasteiger partial charge >= 0.3 is 6.03 Å². The fourth-order valence-electron chi connectivity index (χ4n) is 2.56. The number of thiazole rings is 1. The summed E-state index contributed by atoms with van der Waals surface area (Å²) in [5.41, 5.74) is 1.02. The number of nitrogens with one attached hydrogen (secondary N) is 1. The predicted molar refractivity (Wildman–Crippen MR) is 88.4 cm³/mol. The zero-order chi connectivity index (χ0) is 16.1. The number of morpholine rings is 1. The number of carbonyl (C=O) groups is 1. The van der Waals surface area contributed by atoms with Crippen LogP contribution in [0.4, 0.5) is 4.79 Å². The fraction of sp³-hybridized carbons (Fsp3) is 0.733. The Bertz CT molecular complexity index is 500. The summed E-state index contributed by atoms with van der Waals surface area (Å²) in [4.78, 5) is 21.9. The molecule has 0 bridgehead atoms. The Morgan fingerprint density at radius 1 is 1.45 bits per heavy atom. The van der Waals surface area contributed by atoms with Gasteiger partial charge in [-0.2, -0.15) is 0 Å². The first-order chi connectivity index (χ1) is 10.5. The van der Waals surface area contributed by atoms with Crippen molar-refractivity contribution in [2.45, 2.75) is 26.8 Å². The van der Waals surface area contributed by atoms with E-state index in [1.807, 2.05) is 27.8 Å². The highest BCUT2D eigenvalue weighted by Gasteiger charge is 2.21. The minimum absolute atomic E-state index is 0.0359. The Morgan fingerprint density at radius 2 is 2.14 bits per heavy atom. The third kappa shape index (κ3) is 4.41. The van der Waals surface area contributed by atoms with Gasteiger partial charge in [0.1, 0.15) is 0 Å². The summed E-state index contributed by atoms with van der Waals surface area (Å²) in [6.45, 7) is 11.0. The van der Waals surface area contributed by atoms with Gasteiger partial charge in [-0.05, 0) is 20.8 Å². The van der Waals surface area contributed by atoms with E-state index in [0.717, 1.165) is 48.4 Å². The Hall–Kier alpha value is -1.18. The molecule has 0 saturated carbocycles. The minimum atomic E-state index is -0.0359. The van der Waals surface area contributed by atoms with Gasteiger partial charge in [-0.15, -0.1) is 11.3 Å². The first-order valence-corrected chi connectivity index (χ1v) is 8.55. The van der Waals surface area contributed by atoms with Crippen molar-refractivity contribution in [3.05, 3.63) is 15.6 Å². The highest BCUT2D eigenvalue weighted by atomic mass is 32.1. The van der Waals surface area contributed by atoms with Crippen LogP contribution in [0.15, 0.2) is 0 Å². The molecule has 0 spiro atoms. The van der Waals surface area contributed by atoms with Gasteiger partial charge in [-0.3, -0.25) is 4.90 Å². The van der Waals surface area contributed by atoms with Gasteiger partial charge in [0.15, 0.2) is 0 Å². The van der Waals surface area contributed by atoms with Crippen LogP contribution in [0.25, 0.3) is 0 Å². The Morgan fingerprint density at radius 3 is 2.73 bits per heavy atom. The number of carbonyl (C=O) groups excluding carboxylic acids is 1. The van der Waals surface area contributed by atoms with E-state index < -0.39 is 0 Å². The van der Waals surface area contributed by atoms with Crippen molar-refractivity contribution in [2.75, 3.05) is 46.4 Å². The number of ether oxygens (including phenoxy) is 1. The number of aryl methyl sites for hydroxylation is 2. The van der Waals surface area contributed by atoms with Crippen molar-refractivity contribution in [1.82, 2.24) is 20.1 Å². The van der Waals surface area contributed by atoms with E-state index in [4.69, 9.17) is 4.74 Å². The number of urea groups is 1. The van der Waals surface area contributed by atoms with Gasteiger partial charge in [0.05, 0.1) is 30.0 Å². The van der Waals surface area contributed by atoms with Gasteiger partial charge in [0.25, 0.3) is 0 Å². The van der Waals surface area contributed by atoms with Crippen LogP contribution in [0.3, 0.4) is 0 Å². The highest BCUT2D eigenvalue weighted by molar-refractivity contribution is 7.11. The van der Waals surface area contributed by atoms with Crippen molar-refractivity contribution >= 4 is 17.4 Å². The molecule has 2 rings (SSSR count). The van der Waals surface area contributed by atoms with Crippen molar-refractivity contribution < 1.29 is 9.53 Å². The molecule has 1 aromatic heterocycles. The van der Waals surface area contributed by atoms with Crippen LogP contribution >= 0.6 is 11.3 Å². The lowest BCUT2D eigenvalue weighted by Crippen LogP contribution is -2.44. The minimum Gasteiger partial charge on any atom is -0.379 e. The average molecular weight is 326 g/mol. The summed E-state index contributed by atoms with van der Waals surface area (Å²) in [7, 11) is 1.84. The van der Waals surface area contributed by atoms with Crippen LogP contribution in [-0.4, -0.2) is 67.3 Å². The van der Waals surface area contributed by atoms with E-state index in [-0.39, 0.29) is 12.1 Å². The SMILES string of the molecule is Cc1nc(C)c(C(C)N(C)C(=O)NCCN2CCOCC2)s1. The molecule has 1 unspecified atom stereocenters. The van der Waals surface area contributed by atoms with E-state index in [2.05, 4.69) is 15.2 Å². The molecular weight excluding hydrogens is 300 g/mol. The van der Waals surface area contributed by atoms with Crippen LogP contribution in [0.5, 0.6) is 0 Å². The monoisotopic (exact) mass is 326 g/mol. The molecule has 1 aromatic rings. The van der Waals surface area contributed by atoms with Crippen LogP contribution < -0.4 is 5.32 Å². The summed E-state index contributed by atoms with van der Waals surface area (Å²) in [6.07, 6.45) is 0. The molecule has 1 fully saturated rings. The maximum absolute atomic E-state index is 12.3. The molecule has 1 atom stereocenters. The van der Waals surface area contributed by atoms with E-state index in [9.17, 15) is 4.79 Å². The number of aromatic nitrogens is 1. The second-order valence-corrected chi connectivity index (χ2v) is 6.89. The molecule has 0 radical (unpaired) electrons. The molecule has 1 saturated heterocycles. The Kier molecular flexibility index (Phi) is 6.16. The molecule has 2 heterocycles. The normalized spacial score (nSPS) is 17.3. The first kappa shape index (κ1) is 17.2. The molecule has 1 N–H and O–H groups in total. The van der Waals surface area contributed by atoms with Gasteiger partial charge in [-0.1, -0.05) is 0 Å². The maximum Gasteiger partial charge on any atom is 0.317 e. The zero-order valence-corrected chi connectivity index (χ0v) is 14.7. The topological polar surface area (TPSA) is 57.7 Å². The van der Waals surface area contributed by atoms with Gasteiger partial charge in [-0.25, -0.2) is 9.78 Å². The molecule has 7 heteroatoms. The van der Waals surface area contributed by atoms with Gasteiger partial charge < -0.3 is 15.0 Å². The zero-order valence-electron chi connectivity index (χ0n) is 13.9. The molecule has 124 valence electrons. The van der Waals surface area contributed by atoms with Crippen molar-refractivity contribution in [3.63, 3.8) is 0 Å². The number of hydrogen-bond donors (Lipinski definition) is 1. The van der Waals surface area contributed by atoms with Crippen LogP contribution in [0.2, 0.25) is 0 Å². The van der Waals surface area contributed by atoms with E-state index in [0.29, 0.717) is 6.54 Å². The van der Waals surface area contributed by atoms with Crippen molar-refractivity contribution in [2.24, 2.45) is 0 Å². The molecular formula is C15H26N4O2S. The van der Waals surface area contributed by atoms with Crippen molar-refractivity contribution in [1.29, 1.82) is 0 Å². The average Bonchev–Trinajstić information content (AvgIpc) is 2.85. The summed E-state index contributed by atoms with van der Waals surface area (Å²) >= 11 is 1.66. The molecule has 1 aliphatic rings. The number of hydrogen-bond acceptors (Lipinski definition) is 5. The third-order valence-corrected chi connectivity index (χ3v) is 5.27. The maximum atomic E-state index is 12.3. The van der Waals surface area contributed by atoms with E-state index in [1.165, 1.54) is 0 Å². The molecule has 6 nitrogen and oxygen atoms in total. The molecule has 22 heavy (non-hydrogen) atoms. The molecule has 0 aromatic carbocycles.